The minimum absolute atomic E-state index is 0.234. The normalized spacial score (nSPS) is 9.82. The summed E-state index contributed by atoms with van der Waals surface area (Å²) >= 11 is 0. The number of hydrogen-bond acceptors (Lipinski definition) is 5. The van der Waals surface area contributed by atoms with Gasteiger partial charge in [-0.05, 0) is 24.6 Å². The first-order chi connectivity index (χ1) is 7.99. The quantitative estimate of drug-likeness (QED) is 0.684. The molecule has 0 aromatic heterocycles. The Hall–Kier alpha value is -2.04. The molecular formula is C12H13O5-. The molecule has 17 heavy (non-hydrogen) atoms. The van der Waals surface area contributed by atoms with Crippen LogP contribution in [0.15, 0.2) is 12.1 Å². The van der Waals surface area contributed by atoms with Gasteiger partial charge in [0.05, 0.1) is 14.2 Å². The molecular weight excluding hydrogens is 224 g/mol. The average molecular weight is 237 g/mol. The summed E-state index contributed by atoms with van der Waals surface area (Å²) in [4.78, 5) is 22.0. The van der Waals surface area contributed by atoms with Gasteiger partial charge in [-0.25, -0.2) is 0 Å². The van der Waals surface area contributed by atoms with Crippen LogP contribution in [-0.4, -0.2) is 26.0 Å². The van der Waals surface area contributed by atoms with Crippen molar-refractivity contribution >= 4 is 11.8 Å². The van der Waals surface area contributed by atoms with Gasteiger partial charge in [0.25, 0.3) is 0 Å². The van der Waals surface area contributed by atoms with Crippen molar-refractivity contribution in [1.29, 1.82) is 0 Å². The van der Waals surface area contributed by atoms with Gasteiger partial charge >= 0.3 is 0 Å². The lowest BCUT2D eigenvalue weighted by molar-refractivity contribution is -0.304. The van der Waals surface area contributed by atoms with E-state index in [1.54, 1.807) is 0 Å². The second kappa shape index (κ2) is 5.34. The number of rotatable bonds is 5. The van der Waals surface area contributed by atoms with Crippen LogP contribution in [0.1, 0.15) is 22.8 Å². The average Bonchev–Trinajstić information content (AvgIpc) is 2.27. The molecule has 1 aromatic rings. The molecule has 0 amide bonds. The van der Waals surface area contributed by atoms with Crippen LogP contribution >= 0.6 is 0 Å². The lowest BCUT2D eigenvalue weighted by Gasteiger charge is -2.13. The molecule has 1 aromatic carbocycles. The van der Waals surface area contributed by atoms with Crippen LogP contribution in [-0.2, 0) is 11.2 Å². The highest BCUT2D eigenvalue weighted by Crippen LogP contribution is 2.31. The zero-order valence-corrected chi connectivity index (χ0v) is 9.90. The van der Waals surface area contributed by atoms with E-state index in [2.05, 4.69) is 0 Å². The number of carboxylic acids is 1. The molecule has 0 aliphatic carbocycles. The van der Waals surface area contributed by atoms with Crippen LogP contribution < -0.4 is 14.6 Å². The van der Waals surface area contributed by atoms with E-state index in [0.717, 1.165) is 0 Å². The van der Waals surface area contributed by atoms with Crippen molar-refractivity contribution in [1.82, 2.24) is 0 Å². The minimum atomic E-state index is -1.25. The number of aliphatic carboxylic acids is 1. The van der Waals surface area contributed by atoms with Gasteiger partial charge in [-0.3, -0.25) is 4.79 Å². The number of ether oxygens (including phenoxy) is 2. The summed E-state index contributed by atoms with van der Waals surface area (Å²) in [6.45, 7) is 1.36. The second-order valence-electron chi connectivity index (χ2n) is 3.47. The fourth-order valence-electron chi connectivity index (χ4n) is 1.55. The lowest BCUT2D eigenvalue weighted by Crippen LogP contribution is -2.25. The van der Waals surface area contributed by atoms with E-state index >= 15 is 0 Å². The molecule has 0 aliphatic rings. The molecule has 0 radical (unpaired) electrons. The summed E-state index contributed by atoms with van der Waals surface area (Å²) in [5.41, 5.74) is 0.655. The highest BCUT2D eigenvalue weighted by Gasteiger charge is 2.14. The van der Waals surface area contributed by atoms with Crippen molar-refractivity contribution in [2.45, 2.75) is 13.3 Å². The van der Waals surface area contributed by atoms with Crippen LogP contribution in [0, 0.1) is 0 Å². The van der Waals surface area contributed by atoms with Gasteiger partial charge in [0.15, 0.2) is 17.3 Å². The molecule has 0 fully saturated rings. The highest BCUT2D eigenvalue weighted by molar-refractivity contribution is 5.97. The molecule has 0 aliphatic heterocycles. The summed E-state index contributed by atoms with van der Waals surface area (Å²) < 4.78 is 10.1. The number of methoxy groups -OCH3 is 2. The maximum Gasteiger partial charge on any atom is 0.161 e. The lowest BCUT2D eigenvalue weighted by atomic mass is 10.0. The predicted molar refractivity (Wildman–Crippen MR) is 58.3 cm³/mol. The predicted octanol–water partition coefficient (Wildman–Crippen LogP) is 0.199. The van der Waals surface area contributed by atoms with Gasteiger partial charge in [0, 0.05) is 18.0 Å². The van der Waals surface area contributed by atoms with Crippen LogP contribution in [0.25, 0.3) is 0 Å². The third-order valence-corrected chi connectivity index (χ3v) is 2.32. The fraction of sp³-hybridized carbons (Fsp3) is 0.333. The Labute approximate surface area is 99.0 Å². The first-order valence-electron chi connectivity index (χ1n) is 4.95. The van der Waals surface area contributed by atoms with Crippen LogP contribution in [0.3, 0.4) is 0 Å². The van der Waals surface area contributed by atoms with Crippen molar-refractivity contribution < 1.29 is 24.2 Å². The van der Waals surface area contributed by atoms with Gasteiger partial charge in [-0.2, -0.15) is 0 Å². The summed E-state index contributed by atoms with van der Waals surface area (Å²) in [5, 5.41) is 10.6. The molecule has 92 valence electrons. The summed E-state index contributed by atoms with van der Waals surface area (Å²) in [7, 11) is 2.88. The summed E-state index contributed by atoms with van der Waals surface area (Å²) in [5.74, 6) is -0.713. The zero-order chi connectivity index (χ0) is 13.0. The van der Waals surface area contributed by atoms with Crippen molar-refractivity contribution in [3.63, 3.8) is 0 Å². The molecule has 1 rings (SSSR count). The molecule has 0 N–H and O–H groups in total. The third kappa shape index (κ3) is 2.96. The van der Waals surface area contributed by atoms with Crippen LogP contribution in [0.4, 0.5) is 0 Å². The van der Waals surface area contributed by atoms with Crippen molar-refractivity contribution in [3.8, 4) is 11.5 Å². The van der Waals surface area contributed by atoms with Gasteiger partial charge in [0.2, 0.25) is 0 Å². The first kappa shape index (κ1) is 13.0. The SMILES string of the molecule is COc1cc(CC(=O)[O-])c(C(C)=O)cc1OC. The molecule has 5 heteroatoms. The van der Waals surface area contributed by atoms with Crippen LogP contribution in [0.2, 0.25) is 0 Å². The maximum atomic E-state index is 11.4. The van der Waals surface area contributed by atoms with Crippen molar-refractivity contribution in [2.24, 2.45) is 0 Å². The smallest absolute Gasteiger partial charge is 0.161 e. The summed E-state index contributed by atoms with van der Waals surface area (Å²) in [6, 6.07) is 2.95. The van der Waals surface area contributed by atoms with Gasteiger partial charge in [-0.15, -0.1) is 0 Å². The standard InChI is InChI=1S/C12H14O5/c1-7(13)9-6-11(17-3)10(16-2)4-8(9)5-12(14)15/h4,6H,5H2,1-3H3,(H,14,15)/p-1. The largest absolute Gasteiger partial charge is 0.550 e. The van der Waals surface area contributed by atoms with E-state index in [4.69, 9.17) is 9.47 Å². The first-order valence-corrected chi connectivity index (χ1v) is 4.95. The van der Waals surface area contributed by atoms with Crippen molar-refractivity contribution in [3.05, 3.63) is 23.3 Å². The van der Waals surface area contributed by atoms with Crippen LogP contribution in [0.5, 0.6) is 11.5 Å². The number of carboxylic acid groups (broad SMARTS) is 1. The Kier molecular flexibility index (Phi) is 4.09. The number of benzene rings is 1. The number of Topliss-reactive ketones (excluding diaryl/α,β-unsaturated/α-hetero) is 1. The molecule has 0 saturated carbocycles. The van der Waals surface area contributed by atoms with Gasteiger partial charge < -0.3 is 19.4 Å². The van der Waals surface area contributed by atoms with E-state index < -0.39 is 5.97 Å². The Morgan fingerprint density at radius 1 is 1.18 bits per heavy atom. The zero-order valence-electron chi connectivity index (χ0n) is 9.90. The molecule has 0 bridgehead atoms. The van der Waals surface area contributed by atoms with E-state index in [1.165, 1.54) is 33.3 Å². The van der Waals surface area contributed by atoms with Gasteiger partial charge in [-0.1, -0.05) is 0 Å². The Balaban J connectivity index is 3.34. The van der Waals surface area contributed by atoms with E-state index in [1.807, 2.05) is 0 Å². The van der Waals surface area contributed by atoms with E-state index in [0.29, 0.717) is 22.6 Å². The molecule has 0 heterocycles. The third-order valence-electron chi connectivity index (χ3n) is 2.32. The monoisotopic (exact) mass is 237 g/mol. The number of carbonyl (C=O) groups excluding carboxylic acids is 2. The molecule has 0 unspecified atom stereocenters. The molecule has 5 nitrogen and oxygen atoms in total. The Bertz CT molecular complexity index is 450. The summed E-state index contributed by atoms with van der Waals surface area (Å²) in [6.07, 6.45) is -0.338. The van der Waals surface area contributed by atoms with E-state index in [9.17, 15) is 14.7 Å². The second-order valence-corrected chi connectivity index (χ2v) is 3.47. The van der Waals surface area contributed by atoms with E-state index in [-0.39, 0.29) is 12.2 Å². The molecule has 0 saturated heterocycles. The fourth-order valence-corrected chi connectivity index (χ4v) is 1.55. The molecule has 0 spiro atoms. The number of ketones is 1. The minimum Gasteiger partial charge on any atom is -0.550 e. The highest BCUT2D eigenvalue weighted by atomic mass is 16.5. The molecule has 0 atom stereocenters. The Morgan fingerprint density at radius 2 is 1.71 bits per heavy atom. The number of carbonyl (C=O) groups is 2. The van der Waals surface area contributed by atoms with Crippen molar-refractivity contribution in [2.75, 3.05) is 14.2 Å². The Morgan fingerprint density at radius 3 is 2.12 bits per heavy atom. The maximum absolute atomic E-state index is 11.4. The topological polar surface area (TPSA) is 75.7 Å². The number of hydrogen-bond donors (Lipinski definition) is 0. The van der Waals surface area contributed by atoms with Gasteiger partial charge in [0.1, 0.15) is 0 Å².